The number of aromatic nitrogens is 1. The van der Waals surface area contributed by atoms with Crippen molar-refractivity contribution in [3.63, 3.8) is 0 Å². The molecule has 0 unspecified atom stereocenters. The van der Waals surface area contributed by atoms with E-state index in [9.17, 15) is 9.59 Å². The van der Waals surface area contributed by atoms with Crippen LogP contribution < -0.4 is 10.2 Å². The SMILES string of the molecule is Cc1ccc(NC(=O)CSc2nc(CC(=O)N3CCN(c4ccccc4Cl)CC3)cs2)cc1. The zero-order valence-corrected chi connectivity index (χ0v) is 20.7. The Balaban J connectivity index is 1.22. The Morgan fingerprint density at radius 3 is 2.55 bits per heavy atom. The molecule has 1 aliphatic rings. The lowest BCUT2D eigenvalue weighted by molar-refractivity contribution is -0.130. The minimum atomic E-state index is -0.0759. The Morgan fingerprint density at radius 2 is 1.82 bits per heavy atom. The summed E-state index contributed by atoms with van der Waals surface area (Å²) >= 11 is 9.15. The van der Waals surface area contributed by atoms with Gasteiger partial charge in [-0.15, -0.1) is 11.3 Å². The molecule has 0 bridgehead atoms. The van der Waals surface area contributed by atoms with Crippen LogP contribution in [-0.2, 0) is 16.0 Å². The summed E-state index contributed by atoms with van der Waals surface area (Å²) in [6.45, 7) is 4.84. The topological polar surface area (TPSA) is 65.5 Å². The van der Waals surface area contributed by atoms with Crippen LogP contribution in [0, 0.1) is 6.92 Å². The van der Waals surface area contributed by atoms with E-state index >= 15 is 0 Å². The fourth-order valence-corrected chi connectivity index (χ4v) is 5.47. The average Bonchev–Trinajstić information content (AvgIpc) is 3.27. The van der Waals surface area contributed by atoms with E-state index in [2.05, 4.69) is 15.2 Å². The molecule has 1 saturated heterocycles. The van der Waals surface area contributed by atoms with Gasteiger partial charge < -0.3 is 15.1 Å². The minimum Gasteiger partial charge on any atom is -0.367 e. The first-order valence-electron chi connectivity index (χ1n) is 10.7. The van der Waals surface area contributed by atoms with Gasteiger partial charge in [-0.25, -0.2) is 4.98 Å². The van der Waals surface area contributed by atoms with Gasteiger partial charge in [-0.1, -0.05) is 53.2 Å². The van der Waals surface area contributed by atoms with Gasteiger partial charge in [0.25, 0.3) is 0 Å². The van der Waals surface area contributed by atoms with Crippen LogP contribution in [0.1, 0.15) is 11.3 Å². The molecule has 0 atom stereocenters. The fraction of sp³-hybridized carbons (Fsp3) is 0.292. The zero-order chi connectivity index (χ0) is 23.2. The number of piperazine rings is 1. The maximum atomic E-state index is 12.8. The van der Waals surface area contributed by atoms with Gasteiger partial charge >= 0.3 is 0 Å². The van der Waals surface area contributed by atoms with E-state index in [1.54, 1.807) is 0 Å². The van der Waals surface area contributed by atoms with E-state index in [1.807, 2.05) is 65.7 Å². The van der Waals surface area contributed by atoms with Crippen LogP contribution in [0.15, 0.2) is 58.3 Å². The first kappa shape index (κ1) is 23.6. The number of nitrogens with one attached hydrogen (secondary N) is 1. The smallest absolute Gasteiger partial charge is 0.234 e. The lowest BCUT2D eigenvalue weighted by Crippen LogP contribution is -2.49. The molecule has 0 aliphatic carbocycles. The van der Waals surface area contributed by atoms with Crippen LogP contribution in [0.2, 0.25) is 5.02 Å². The highest BCUT2D eigenvalue weighted by atomic mass is 35.5. The third-order valence-corrected chi connectivity index (χ3v) is 7.74. The molecular formula is C24H25ClN4O2S2. The molecule has 172 valence electrons. The summed E-state index contributed by atoms with van der Waals surface area (Å²) in [5.41, 5.74) is 3.69. The molecule has 4 rings (SSSR count). The first-order valence-corrected chi connectivity index (χ1v) is 12.9. The summed E-state index contributed by atoms with van der Waals surface area (Å²) in [6, 6.07) is 15.5. The van der Waals surface area contributed by atoms with Crippen LogP contribution in [0.5, 0.6) is 0 Å². The van der Waals surface area contributed by atoms with Gasteiger partial charge in [0.15, 0.2) is 4.34 Å². The molecule has 2 heterocycles. The largest absolute Gasteiger partial charge is 0.367 e. The number of halogens is 1. The highest BCUT2D eigenvalue weighted by molar-refractivity contribution is 8.01. The molecule has 1 aromatic heterocycles. The van der Waals surface area contributed by atoms with Crippen molar-refractivity contribution in [1.29, 1.82) is 0 Å². The third kappa shape index (κ3) is 6.50. The molecule has 0 spiro atoms. The Labute approximate surface area is 207 Å². The number of thiazole rings is 1. The Hall–Kier alpha value is -2.55. The second-order valence-corrected chi connectivity index (χ2v) is 10.3. The van der Waals surface area contributed by atoms with Crippen molar-refractivity contribution in [3.05, 3.63) is 70.2 Å². The second kappa shape index (κ2) is 11.0. The van der Waals surface area contributed by atoms with E-state index in [4.69, 9.17) is 11.6 Å². The highest BCUT2D eigenvalue weighted by Crippen LogP contribution is 2.27. The van der Waals surface area contributed by atoms with Crippen LogP contribution >= 0.6 is 34.7 Å². The lowest BCUT2D eigenvalue weighted by atomic mass is 10.2. The molecule has 6 nitrogen and oxygen atoms in total. The number of anilines is 2. The van der Waals surface area contributed by atoms with Crippen molar-refractivity contribution in [3.8, 4) is 0 Å². The maximum absolute atomic E-state index is 12.8. The minimum absolute atomic E-state index is 0.0759. The summed E-state index contributed by atoms with van der Waals surface area (Å²) in [7, 11) is 0. The van der Waals surface area contributed by atoms with Crippen molar-refractivity contribution in [2.45, 2.75) is 17.7 Å². The zero-order valence-electron chi connectivity index (χ0n) is 18.3. The molecule has 9 heteroatoms. The second-order valence-electron chi connectivity index (χ2n) is 7.80. The van der Waals surface area contributed by atoms with Crippen LogP contribution in [0.3, 0.4) is 0 Å². The molecule has 2 aromatic carbocycles. The third-order valence-electron chi connectivity index (χ3n) is 5.35. The predicted molar refractivity (Wildman–Crippen MR) is 137 cm³/mol. The Morgan fingerprint density at radius 1 is 1.09 bits per heavy atom. The molecule has 33 heavy (non-hydrogen) atoms. The Kier molecular flexibility index (Phi) is 7.90. The molecular weight excluding hydrogens is 476 g/mol. The fourth-order valence-electron chi connectivity index (χ4n) is 3.57. The lowest BCUT2D eigenvalue weighted by Gasteiger charge is -2.36. The monoisotopic (exact) mass is 500 g/mol. The van der Waals surface area contributed by atoms with Crippen molar-refractivity contribution in [1.82, 2.24) is 9.88 Å². The van der Waals surface area contributed by atoms with Gasteiger partial charge in [-0.05, 0) is 31.2 Å². The number of amides is 2. The summed E-state index contributed by atoms with van der Waals surface area (Å²) in [5, 5.41) is 5.52. The summed E-state index contributed by atoms with van der Waals surface area (Å²) in [5.74, 6) is 0.277. The number of carbonyl (C=O) groups is 2. The summed E-state index contributed by atoms with van der Waals surface area (Å²) < 4.78 is 0.792. The molecule has 2 amide bonds. The van der Waals surface area contributed by atoms with E-state index in [0.29, 0.717) is 13.1 Å². The molecule has 3 aromatic rings. The number of carbonyl (C=O) groups excluding carboxylic acids is 2. The maximum Gasteiger partial charge on any atom is 0.234 e. The number of para-hydroxylation sites is 1. The van der Waals surface area contributed by atoms with E-state index in [1.165, 1.54) is 23.1 Å². The number of hydrogen-bond donors (Lipinski definition) is 1. The predicted octanol–water partition coefficient (Wildman–Crippen LogP) is 4.73. The van der Waals surface area contributed by atoms with Crippen molar-refractivity contribution >= 4 is 57.9 Å². The average molecular weight is 501 g/mol. The van der Waals surface area contributed by atoms with Crippen LogP contribution in [0.25, 0.3) is 0 Å². The van der Waals surface area contributed by atoms with Crippen LogP contribution in [0.4, 0.5) is 11.4 Å². The molecule has 1 aliphatic heterocycles. The van der Waals surface area contributed by atoms with E-state index in [-0.39, 0.29) is 24.0 Å². The molecule has 1 fully saturated rings. The molecule has 0 saturated carbocycles. The first-order chi connectivity index (χ1) is 16.0. The number of hydrogen-bond acceptors (Lipinski definition) is 6. The van der Waals surface area contributed by atoms with Crippen LogP contribution in [-0.4, -0.2) is 53.6 Å². The summed E-state index contributed by atoms with van der Waals surface area (Å²) in [6.07, 6.45) is 0.277. The van der Waals surface area contributed by atoms with Gasteiger partial charge in [0.2, 0.25) is 11.8 Å². The van der Waals surface area contributed by atoms with Crippen molar-refractivity contribution in [2.24, 2.45) is 0 Å². The molecule has 0 radical (unpaired) electrons. The normalized spacial score (nSPS) is 13.8. The van der Waals surface area contributed by atoms with Gasteiger partial charge in [0.1, 0.15) is 0 Å². The molecule has 1 N–H and O–H groups in total. The standard InChI is InChI=1S/C24H25ClN4O2S2/c1-17-6-8-18(9-7-17)26-22(30)16-33-24-27-19(15-32-24)14-23(31)29-12-10-28(11-13-29)21-5-3-2-4-20(21)25/h2-9,15H,10-14,16H2,1H3,(H,26,30). The number of benzene rings is 2. The van der Waals surface area contributed by atoms with Gasteiger partial charge in [0.05, 0.1) is 28.6 Å². The van der Waals surface area contributed by atoms with E-state index in [0.717, 1.165) is 45.1 Å². The van der Waals surface area contributed by atoms with Gasteiger partial charge in [0, 0.05) is 37.2 Å². The number of aryl methyl sites for hydroxylation is 1. The van der Waals surface area contributed by atoms with Crippen molar-refractivity contribution < 1.29 is 9.59 Å². The number of nitrogens with zero attached hydrogens (tertiary/aromatic N) is 3. The number of thioether (sulfide) groups is 1. The van der Waals surface area contributed by atoms with Crippen molar-refractivity contribution in [2.75, 3.05) is 42.1 Å². The van der Waals surface area contributed by atoms with Gasteiger partial charge in [-0.2, -0.15) is 0 Å². The van der Waals surface area contributed by atoms with E-state index < -0.39 is 0 Å². The summed E-state index contributed by atoms with van der Waals surface area (Å²) in [4.78, 5) is 33.6. The number of rotatable bonds is 7. The van der Waals surface area contributed by atoms with Gasteiger partial charge in [-0.3, -0.25) is 9.59 Å². The highest BCUT2D eigenvalue weighted by Gasteiger charge is 2.23. The quantitative estimate of drug-likeness (QED) is 0.475. The Bertz CT molecular complexity index is 1110.